The Kier molecular flexibility index (Phi) is 3.89. The normalized spacial score (nSPS) is 10.1. The average molecular weight is 266 g/mol. The van der Waals surface area contributed by atoms with Crippen LogP contribution in [-0.2, 0) is 6.61 Å². The fourth-order valence-electron chi connectivity index (χ4n) is 1.45. The molecule has 0 atom stereocenters. The van der Waals surface area contributed by atoms with E-state index in [2.05, 4.69) is 4.98 Å². The highest BCUT2D eigenvalue weighted by atomic mass is 35.5. The first-order valence-corrected chi connectivity index (χ1v) is 5.56. The number of halogens is 2. The third kappa shape index (κ3) is 3.05. The molecule has 3 nitrogen and oxygen atoms in total. The summed E-state index contributed by atoms with van der Waals surface area (Å²) in [7, 11) is 0. The number of pyridine rings is 1. The van der Waals surface area contributed by atoms with E-state index in [9.17, 15) is 9.18 Å². The van der Waals surface area contributed by atoms with Gasteiger partial charge in [-0.3, -0.25) is 9.78 Å². The third-order valence-electron chi connectivity index (χ3n) is 2.27. The number of hydrogen-bond acceptors (Lipinski definition) is 3. The maximum absolute atomic E-state index is 12.9. The van der Waals surface area contributed by atoms with Crippen molar-refractivity contribution in [1.29, 1.82) is 0 Å². The van der Waals surface area contributed by atoms with E-state index in [1.165, 1.54) is 18.3 Å². The summed E-state index contributed by atoms with van der Waals surface area (Å²) in [6.07, 6.45) is 1.47. The largest absolute Gasteiger partial charge is 0.489 e. The monoisotopic (exact) mass is 265 g/mol. The molecule has 0 bridgehead atoms. The topological polar surface area (TPSA) is 39.2 Å². The fourth-order valence-corrected chi connectivity index (χ4v) is 1.62. The van der Waals surface area contributed by atoms with E-state index in [1.54, 1.807) is 24.3 Å². The van der Waals surface area contributed by atoms with E-state index in [0.717, 1.165) is 0 Å². The molecule has 1 aromatic carbocycles. The van der Waals surface area contributed by atoms with Crippen molar-refractivity contribution in [3.8, 4) is 5.75 Å². The standard InChI is InChI=1S/C13H9ClFNO2/c14-13(17)12-9(3-2-6-16-12)8-18-11-5-1-4-10(15)7-11/h1-7H,8H2. The molecule has 5 heteroatoms. The van der Waals surface area contributed by atoms with Crippen molar-refractivity contribution in [3.05, 3.63) is 59.7 Å². The van der Waals surface area contributed by atoms with Gasteiger partial charge in [-0.25, -0.2) is 4.39 Å². The number of benzene rings is 1. The van der Waals surface area contributed by atoms with Crippen LogP contribution in [0, 0.1) is 5.82 Å². The second-order valence-electron chi connectivity index (χ2n) is 3.53. The Morgan fingerprint density at radius 3 is 2.89 bits per heavy atom. The van der Waals surface area contributed by atoms with E-state index in [-0.39, 0.29) is 18.1 Å². The predicted molar refractivity (Wildman–Crippen MR) is 65.2 cm³/mol. The summed E-state index contributed by atoms with van der Waals surface area (Å²) in [5.74, 6) is -0.000783. The molecule has 0 saturated heterocycles. The van der Waals surface area contributed by atoms with Gasteiger partial charge in [-0.1, -0.05) is 12.1 Å². The highest BCUT2D eigenvalue weighted by molar-refractivity contribution is 6.67. The van der Waals surface area contributed by atoms with E-state index in [4.69, 9.17) is 16.3 Å². The molecule has 0 aliphatic carbocycles. The van der Waals surface area contributed by atoms with Crippen molar-refractivity contribution in [2.45, 2.75) is 6.61 Å². The van der Waals surface area contributed by atoms with Crippen LogP contribution in [0.15, 0.2) is 42.6 Å². The molecular weight excluding hydrogens is 257 g/mol. The van der Waals surface area contributed by atoms with Crippen LogP contribution < -0.4 is 4.74 Å². The Labute approximate surface area is 108 Å². The first-order valence-electron chi connectivity index (χ1n) is 5.19. The molecule has 0 aliphatic heterocycles. The van der Waals surface area contributed by atoms with Gasteiger partial charge in [-0.05, 0) is 29.8 Å². The molecule has 2 rings (SSSR count). The lowest BCUT2D eigenvalue weighted by atomic mass is 10.2. The molecule has 0 fully saturated rings. The SMILES string of the molecule is O=C(Cl)c1ncccc1COc1cccc(F)c1. The Morgan fingerprint density at radius 1 is 1.33 bits per heavy atom. The number of carbonyl (C=O) groups excluding carboxylic acids is 1. The average Bonchev–Trinajstić information content (AvgIpc) is 2.37. The lowest BCUT2D eigenvalue weighted by Gasteiger charge is -2.08. The van der Waals surface area contributed by atoms with Crippen LogP contribution in [0.2, 0.25) is 0 Å². The van der Waals surface area contributed by atoms with E-state index >= 15 is 0 Å². The van der Waals surface area contributed by atoms with Crippen molar-refractivity contribution < 1.29 is 13.9 Å². The highest BCUT2D eigenvalue weighted by Crippen LogP contribution is 2.16. The number of nitrogens with zero attached hydrogens (tertiary/aromatic N) is 1. The lowest BCUT2D eigenvalue weighted by molar-refractivity contribution is 0.107. The number of ether oxygens (including phenoxy) is 1. The Hall–Kier alpha value is -1.94. The predicted octanol–water partition coefficient (Wildman–Crippen LogP) is 3.18. The summed E-state index contributed by atoms with van der Waals surface area (Å²) in [5.41, 5.74) is 0.706. The zero-order valence-electron chi connectivity index (χ0n) is 9.27. The van der Waals surface area contributed by atoms with Crippen LogP contribution >= 0.6 is 11.6 Å². The molecule has 18 heavy (non-hydrogen) atoms. The number of hydrogen-bond donors (Lipinski definition) is 0. The van der Waals surface area contributed by atoms with Crippen LogP contribution in [0.25, 0.3) is 0 Å². The van der Waals surface area contributed by atoms with Crippen LogP contribution in [0.5, 0.6) is 5.75 Å². The molecule has 0 unspecified atom stereocenters. The molecule has 0 N–H and O–H groups in total. The van der Waals surface area contributed by atoms with Crippen LogP contribution in [0.1, 0.15) is 16.1 Å². The summed E-state index contributed by atoms with van der Waals surface area (Å²) in [6.45, 7) is 0.102. The Balaban J connectivity index is 2.13. The Bertz CT molecular complexity index is 574. The second kappa shape index (κ2) is 5.60. The van der Waals surface area contributed by atoms with Crippen LogP contribution in [0.3, 0.4) is 0 Å². The zero-order valence-corrected chi connectivity index (χ0v) is 10.0. The summed E-state index contributed by atoms with van der Waals surface area (Å²) < 4.78 is 18.3. The molecule has 1 heterocycles. The highest BCUT2D eigenvalue weighted by Gasteiger charge is 2.10. The van der Waals surface area contributed by atoms with Gasteiger partial charge in [0.15, 0.2) is 0 Å². The minimum atomic E-state index is -0.645. The van der Waals surface area contributed by atoms with Crippen molar-refractivity contribution >= 4 is 16.8 Å². The molecule has 0 amide bonds. The van der Waals surface area contributed by atoms with Crippen LogP contribution in [0.4, 0.5) is 4.39 Å². The molecule has 0 aliphatic rings. The number of rotatable bonds is 4. The molecule has 0 radical (unpaired) electrons. The van der Waals surface area contributed by atoms with E-state index < -0.39 is 5.24 Å². The smallest absolute Gasteiger partial charge is 0.271 e. The molecule has 1 aromatic heterocycles. The summed E-state index contributed by atoms with van der Waals surface area (Å²) in [6, 6.07) is 9.11. The van der Waals surface area contributed by atoms with Gasteiger partial charge >= 0.3 is 0 Å². The zero-order chi connectivity index (χ0) is 13.0. The summed E-state index contributed by atoms with van der Waals surface area (Å²) in [4.78, 5) is 15.0. The summed E-state index contributed by atoms with van der Waals surface area (Å²) >= 11 is 5.40. The van der Waals surface area contributed by atoms with Gasteiger partial charge in [0.1, 0.15) is 23.9 Å². The maximum Gasteiger partial charge on any atom is 0.271 e. The lowest BCUT2D eigenvalue weighted by Crippen LogP contribution is -2.04. The van der Waals surface area contributed by atoms with Crippen LogP contribution in [-0.4, -0.2) is 10.2 Å². The van der Waals surface area contributed by atoms with Gasteiger partial charge in [0, 0.05) is 17.8 Å². The van der Waals surface area contributed by atoms with Crippen molar-refractivity contribution in [3.63, 3.8) is 0 Å². The Morgan fingerprint density at radius 2 is 2.17 bits per heavy atom. The second-order valence-corrected chi connectivity index (χ2v) is 3.87. The van der Waals surface area contributed by atoms with Gasteiger partial charge in [0.25, 0.3) is 5.24 Å². The maximum atomic E-state index is 12.9. The van der Waals surface area contributed by atoms with Gasteiger partial charge in [-0.15, -0.1) is 0 Å². The van der Waals surface area contributed by atoms with Gasteiger partial charge in [0.2, 0.25) is 0 Å². The number of aromatic nitrogens is 1. The van der Waals surface area contributed by atoms with Crippen molar-refractivity contribution in [2.75, 3.05) is 0 Å². The van der Waals surface area contributed by atoms with Crippen molar-refractivity contribution in [1.82, 2.24) is 4.98 Å². The number of carbonyl (C=O) groups is 1. The van der Waals surface area contributed by atoms with Crippen molar-refractivity contribution in [2.24, 2.45) is 0 Å². The minimum Gasteiger partial charge on any atom is -0.489 e. The fraction of sp³-hybridized carbons (Fsp3) is 0.0769. The van der Waals surface area contributed by atoms with Gasteiger partial charge in [-0.2, -0.15) is 0 Å². The molecular formula is C13H9ClFNO2. The van der Waals surface area contributed by atoms with Gasteiger partial charge < -0.3 is 4.74 Å². The van der Waals surface area contributed by atoms with E-state index in [1.807, 2.05) is 0 Å². The first kappa shape index (κ1) is 12.5. The third-order valence-corrected chi connectivity index (χ3v) is 2.45. The minimum absolute atomic E-state index is 0.102. The van der Waals surface area contributed by atoms with Gasteiger partial charge in [0.05, 0.1) is 0 Å². The quantitative estimate of drug-likeness (QED) is 0.797. The summed E-state index contributed by atoms with van der Waals surface area (Å²) in [5, 5.41) is -0.645. The first-order chi connectivity index (χ1) is 8.66. The molecule has 2 aromatic rings. The van der Waals surface area contributed by atoms with E-state index in [0.29, 0.717) is 11.3 Å². The molecule has 0 spiro atoms. The molecule has 92 valence electrons. The molecule has 0 saturated carbocycles.